The number of nitrogens with zero attached hydrogens (tertiary/aromatic N) is 2. The Bertz CT molecular complexity index is 793. The highest BCUT2D eigenvalue weighted by Gasteiger charge is 2.32. The lowest BCUT2D eigenvalue weighted by molar-refractivity contribution is 0.0908. The van der Waals surface area contributed by atoms with Gasteiger partial charge in [-0.1, -0.05) is 0 Å². The van der Waals surface area contributed by atoms with E-state index in [1.165, 1.54) is 12.8 Å². The van der Waals surface area contributed by atoms with Crippen molar-refractivity contribution in [2.24, 2.45) is 0 Å². The van der Waals surface area contributed by atoms with E-state index in [1.54, 1.807) is 7.11 Å². The Labute approximate surface area is 148 Å². The van der Waals surface area contributed by atoms with Crippen LogP contribution in [0, 0.1) is 6.92 Å². The minimum atomic E-state index is -0.00686. The lowest BCUT2D eigenvalue weighted by Gasteiger charge is -2.32. The molecule has 1 aliphatic heterocycles. The fourth-order valence-corrected chi connectivity index (χ4v) is 3.71. The molecule has 1 aromatic heterocycles. The summed E-state index contributed by atoms with van der Waals surface area (Å²) >= 11 is 0. The highest BCUT2D eigenvalue weighted by molar-refractivity contribution is 5.98. The number of aromatic nitrogens is 1. The Morgan fingerprint density at radius 2 is 1.96 bits per heavy atom. The van der Waals surface area contributed by atoms with Crippen LogP contribution in [0.15, 0.2) is 24.3 Å². The van der Waals surface area contributed by atoms with E-state index in [9.17, 15) is 4.79 Å². The molecule has 0 unspecified atom stereocenters. The Morgan fingerprint density at radius 3 is 2.64 bits per heavy atom. The fraction of sp³-hybridized carbons (Fsp3) is 0.500. The average Bonchev–Trinajstić information content (AvgIpc) is 3.46. The summed E-state index contributed by atoms with van der Waals surface area (Å²) in [5, 5.41) is 4.17. The van der Waals surface area contributed by atoms with Crippen LogP contribution in [0.3, 0.4) is 0 Å². The molecular formula is C20H25N3O2. The predicted molar refractivity (Wildman–Crippen MR) is 98.1 cm³/mol. The molecule has 1 saturated carbocycles. The molecule has 1 amide bonds. The molecule has 5 heteroatoms. The fourth-order valence-electron chi connectivity index (χ4n) is 3.71. The molecule has 0 spiro atoms. The van der Waals surface area contributed by atoms with Crippen molar-refractivity contribution >= 4 is 16.8 Å². The summed E-state index contributed by atoms with van der Waals surface area (Å²) in [6.07, 6.45) is 4.78. The number of methoxy groups -OCH3 is 1. The molecule has 132 valence electrons. The second kappa shape index (κ2) is 6.64. The average molecular weight is 339 g/mol. The molecule has 0 atom stereocenters. The van der Waals surface area contributed by atoms with Crippen LogP contribution in [-0.4, -0.2) is 48.1 Å². The van der Waals surface area contributed by atoms with Gasteiger partial charge >= 0.3 is 0 Å². The summed E-state index contributed by atoms with van der Waals surface area (Å²) in [5.41, 5.74) is 2.28. The first-order valence-corrected chi connectivity index (χ1v) is 9.14. The molecule has 0 radical (unpaired) electrons. The van der Waals surface area contributed by atoms with Crippen molar-refractivity contribution < 1.29 is 9.53 Å². The van der Waals surface area contributed by atoms with Gasteiger partial charge in [-0.25, -0.2) is 0 Å². The van der Waals surface area contributed by atoms with Crippen LogP contribution in [0.5, 0.6) is 5.75 Å². The molecule has 2 aromatic rings. The van der Waals surface area contributed by atoms with Gasteiger partial charge < -0.3 is 15.0 Å². The first-order chi connectivity index (χ1) is 12.1. The molecule has 4 rings (SSSR count). The van der Waals surface area contributed by atoms with Crippen molar-refractivity contribution in [3.8, 4) is 5.75 Å². The highest BCUT2D eigenvalue weighted by atomic mass is 16.5. The molecule has 25 heavy (non-hydrogen) atoms. The lowest BCUT2D eigenvalue weighted by Crippen LogP contribution is -2.45. The van der Waals surface area contributed by atoms with E-state index < -0.39 is 0 Å². The van der Waals surface area contributed by atoms with Crippen LogP contribution in [0.1, 0.15) is 41.7 Å². The van der Waals surface area contributed by atoms with Gasteiger partial charge in [0.05, 0.1) is 23.9 Å². The summed E-state index contributed by atoms with van der Waals surface area (Å²) in [5.74, 6) is 0.770. The van der Waals surface area contributed by atoms with Gasteiger partial charge in [0.15, 0.2) is 0 Å². The normalized spacial score (nSPS) is 19.1. The summed E-state index contributed by atoms with van der Waals surface area (Å²) in [6.45, 7) is 4.10. The van der Waals surface area contributed by atoms with Gasteiger partial charge in [-0.05, 0) is 50.8 Å². The van der Waals surface area contributed by atoms with Crippen LogP contribution in [0.4, 0.5) is 0 Å². The van der Waals surface area contributed by atoms with Crippen LogP contribution in [-0.2, 0) is 0 Å². The topological polar surface area (TPSA) is 54.5 Å². The van der Waals surface area contributed by atoms with Crippen molar-refractivity contribution in [3.63, 3.8) is 0 Å². The van der Waals surface area contributed by atoms with Crippen LogP contribution in [0.25, 0.3) is 10.9 Å². The second-order valence-corrected chi connectivity index (χ2v) is 7.19. The maximum absolute atomic E-state index is 12.7. The minimum Gasteiger partial charge on any atom is -0.497 e. The van der Waals surface area contributed by atoms with Gasteiger partial charge in [0, 0.05) is 36.6 Å². The van der Waals surface area contributed by atoms with Crippen LogP contribution < -0.4 is 10.1 Å². The maximum atomic E-state index is 12.7. The first kappa shape index (κ1) is 16.3. The van der Waals surface area contributed by atoms with Gasteiger partial charge in [-0.3, -0.25) is 9.78 Å². The zero-order valence-electron chi connectivity index (χ0n) is 14.9. The van der Waals surface area contributed by atoms with Gasteiger partial charge in [-0.2, -0.15) is 0 Å². The summed E-state index contributed by atoms with van der Waals surface area (Å²) in [4.78, 5) is 19.9. The molecule has 1 aliphatic carbocycles. The molecule has 2 fully saturated rings. The third-order valence-electron chi connectivity index (χ3n) is 5.39. The number of benzene rings is 1. The zero-order chi connectivity index (χ0) is 17.4. The number of fused-ring (bicyclic) bond motifs is 1. The summed E-state index contributed by atoms with van der Waals surface area (Å²) < 4.78 is 5.25. The second-order valence-electron chi connectivity index (χ2n) is 7.19. The smallest absolute Gasteiger partial charge is 0.253 e. The van der Waals surface area contributed by atoms with Crippen molar-refractivity contribution in [3.05, 3.63) is 35.5 Å². The minimum absolute atomic E-state index is 0.00686. The standard InChI is InChI=1S/C20H25N3O2/c1-13-18(11-14-3-6-17(25-2)12-19(14)21-13)20(24)22-15-7-9-23(10-8-15)16-4-5-16/h3,6,11-12,15-16H,4-5,7-10H2,1-2H3,(H,22,24). The first-order valence-electron chi connectivity index (χ1n) is 9.14. The van der Waals surface area contributed by atoms with Crippen molar-refractivity contribution in [2.45, 2.75) is 44.7 Å². The van der Waals surface area contributed by atoms with E-state index in [4.69, 9.17) is 4.74 Å². The van der Waals surface area contributed by atoms with E-state index in [0.29, 0.717) is 5.56 Å². The lowest BCUT2D eigenvalue weighted by atomic mass is 10.0. The Balaban J connectivity index is 1.47. The van der Waals surface area contributed by atoms with Crippen molar-refractivity contribution in [1.82, 2.24) is 15.2 Å². The van der Waals surface area contributed by atoms with Gasteiger partial charge in [0.1, 0.15) is 5.75 Å². The number of ether oxygens (including phenoxy) is 1. The largest absolute Gasteiger partial charge is 0.497 e. The number of piperidine rings is 1. The summed E-state index contributed by atoms with van der Waals surface area (Å²) in [7, 11) is 1.64. The van der Waals surface area contributed by atoms with E-state index in [-0.39, 0.29) is 11.9 Å². The number of hydrogen-bond donors (Lipinski definition) is 1. The van der Waals surface area contributed by atoms with Crippen molar-refractivity contribution in [1.29, 1.82) is 0 Å². The SMILES string of the molecule is COc1ccc2cc(C(=O)NC3CCN(C4CC4)CC3)c(C)nc2c1. The number of carbonyl (C=O) groups excluding carboxylic acids is 1. The van der Waals surface area contributed by atoms with E-state index >= 15 is 0 Å². The van der Waals surface area contributed by atoms with Gasteiger partial charge in [0.2, 0.25) is 0 Å². The number of rotatable bonds is 4. The third-order valence-corrected chi connectivity index (χ3v) is 5.39. The Kier molecular flexibility index (Phi) is 4.34. The van der Waals surface area contributed by atoms with Crippen LogP contribution >= 0.6 is 0 Å². The summed E-state index contributed by atoms with van der Waals surface area (Å²) in [6, 6.07) is 8.78. The van der Waals surface area contributed by atoms with E-state index in [1.807, 2.05) is 31.2 Å². The number of hydrogen-bond acceptors (Lipinski definition) is 4. The predicted octanol–water partition coefficient (Wildman–Crippen LogP) is 2.91. The Morgan fingerprint density at radius 1 is 1.20 bits per heavy atom. The van der Waals surface area contributed by atoms with Gasteiger partial charge in [-0.15, -0.1) is 0 Å². The van der Waals surface area contributed by atoms with E-state index in [0.717, 1.165) is 54.3 Å². The molecule has 5 nitrogen and oxygen atoms in total. The molecule has 1 saturated heterocycles. The maximum Gasteiger partial charge on any atom is 0.253 e. The zero-order valence-corrected chi connectivity index (χ0v) is 14.9. The number of pyridine rings is 1. The Hall–Kier alpha value is -2.14. The molecule has 2 heterocycles. The molecule has 0 bridgehead atoms. The number of amides is 1. The number of likely N-dealkylation sites (tertiary alicyclic amines) is 1. The highest BCUT2D eigenvalue weighted by Crippen LogP contribution is 2.29. The monoisotopic (exact) mass is 339 g/mol. The molecule has 1 aromatic carbocycles. The number of aryl methyl sites for hydroxylation is 1. The molecule has 2 aliphatic rings. The van der Waals surface area contributed by atoms with Gasteiger partial charge in [0.25, 0.3) is 5.91 Å². The molecular weight excluding hydrogens is 314 g/mol. The quantitative estimate of drug-likeness (QED) is 0.931. The van der Waals surface area contributed by atoms with E-state index in [2.05, 4.69) is 15.2 Å². The number of nitrogens with one attached hydrogen (secondary N) is 1. The molecule has 1 N–H and O–H groups in total. The third kappa shape index (κ3) is 3.47. The number of carbonyl (C=O) groups is 1. The van der Waals surface area contributed by atoms with Crippen LogP contribution in [0.2, 0.25) is 0 Å². The van der Waals surface area contributed by atoms with Crippen molar-refractivity contribution in [2.75, 3.05) is 20.2 Å².